The number of piperidine rings is 1. The van der Waals surface area contributed by atoms with Gasteiger partial charge in [0.1, 0.15) is 24.1 Å². The van der Waals surface area contributed by atoms with Crippen molar-refractivity contribution in [3.63, 3.8) is 0 Å². The van der Waals surface area contributed by atoms with Gasteiger partial charge >= 0.3 is 6.09 Å². The van der Waals surface area contributed by atoms with Crippen molar-refractivity contribution in [2.75, 3.05) is 13.1 Å². The van der Waals surface area contributed by atoms with Crippen LogP contribution in [0.25, 0.3) is 0 Å². The summed E-state index contributed by atoms with van der Waals surface area (Å²) in [4.78, 5) is 34.0. The average Bonchev–Trinajstić information content (AvgIpc) is 2.53. The predicted molar refractivity (Wildman–Crippen MR) is 91.1 cm³/mol. The molecule has 25 heavy (non-hydrogen) atoms. The van der Waals surface area contributed by atoms with Gasteiger partial charge in [-0.15, -0.1) is 0 Å². The molecular formula is C17H26N4O4. The summed E-state index contributed by atoms with van der Waals surface area (Å²) < 4.78 is 11.0. The van der Waals surface area contributed by atoms with Crippen LogP contribution in [-0.2, 0) is 9.53 Å². The summed E-state index contributed by atoms with van der Waals surface area (Å²) in [6.45, 7) is 8.09. The van der Waals surface area contributed by atoms with Crippen LogP contribution in [0.1, 0.15) is 40.5 Å². The molecule has 1 fully saturated rings. The first-order chi connectivity index (χ1) is 11.7. The molecule has 8 heteroatoms. The predicted octanol–water partition coefficient (Wildman–Crippen LogP) is 1.76. The maximum atomic E-state index is 12.6. The van der Waals surface area contributed by atoms with Crippen molar-refractivity contribution in [2.24, 2.45) is 0 Å². The Hall–Kier alpha value is -2.38. The third kappa shape index (κ3) is 6.21. The number of likely N-dealkylation sites (tertiary alicyclic amines) is 1. The second-order valence-electron chi connectivity index (χ2n) is 7.08. The second kappa shape index (κ2) is 8.13. The Kier molecular flexibility index (Phi) is 6.17. The van der Waals surface area contributed by atoms with Crippen molar-refractivity contribution in [3.05, 3.63) is 18.6 Å². The first kappa shape index (κ1) is 19.0. The van der Waals surface area contributed by atoms with Crippen molar-refractivity contribution in [1.82, 2.24) is 20.2 Å². The number of amides is 2. The van der Waals surface area contributed by atoms with Crippen LogP contribution < -0.4 is 10.1 Å². The minimum Gasteiger partial charge on any atom is -0.472 e. The van der Waals surface area contributed by atoms with Gasteiger partial charge in [0.05, 0.1) is 6.54 Å². The summed E-state index contributed by atoms with van der Waals surface area (Å²) in [5.74, 6) is 0.344. The maximum absolute atomic E-state index is 12.6. The molecule has 1 aliphatic heterocycles. The molecule has 8 nitrogen and oxygen atoms in total. The molecule has 1 aromatic rings. The zero-order chi connectivity index (χ0) is 18.4. The van der Waals surface area contributed by atoms with Crippen LogP contribution in [0.2, 0.25) is 0 Å². The van der Waals surface area contributed by atoms with Gasteiger partial charge in [-0.2, -0.15) is 0 Å². The Morgan fingerprint density at radius 2 is 2.16 bits per heavy atom. The molecule has 1 saturated heterocycles. The van der Waals surface area contributed by atoms with Crippen LogP contribution >= 0.6 is 0 Å². The summed E-state index contributed by atoms with van der Waals surface area (Å²) in [7, 11) is 0. The molecule has 2 heterocycles. The Bertz CT molecular complexity index is 588. The van der Waals surface area contributed by atoms with Crippen molar-refractivity contribution >= 4 is 12.0 Å². The first-order valence-electron chi connectivity index (χ1n) is 8.45. The maximum Gasteiger partial charge on any atom is 0.408 e. The van der Waals surface area contributed by atoms with E-state index in [1.54, 1.807) is 44.9 Å². The lowest BCUT2D eigenvalue weighted by Gasteiger charge is -2.34. The van der Waals surface area contributed by atoms with Gasteiger partial charge in [-0.1, -0.05) is 0 Å². The van der Waals surface area contributed by atoms with Crippen LogP contribution in [0.3, 0.4) is 0 Å². The number of hydrogen-bond donors (Lipinski definition) is 1. The Balaban J connectivity index is 1.87. The number of carbonyl (C=O) groups excluding carboxylic acids is 2. The van der Waals surface area contributed by atoms with Crippen molar-refractivity contribution in [2.45, 2.75) is 58.3 Å². The fourth-order valence-corrected chi connectivity index (χ4v) is 2.57. The molecule has 2 atom stereocenters. The van der Waals surface area contributed by atoms with Gasteiger partial charge < -0.3 is 19.7 Å². The molecular weight excluding hydrogens is 324 g/mol. The zero-order valence-electron chi connectivity index (χ0n) is 15.2. The molecule has 0 aliphatic carbocycles. The van der Waals surface area contributed by atoms with E-state index in [2.05, 4.69) is 15.3 Å². The lowest BCUT2D eigenvalue weighted by atomic mass is 10.1. The molecule has 0 saturated carbocycles. The monoisotopic (exact) mass is 350 g/mol. The minimum absolute atomic E-state index is 0.124. The lowest BCUT2D eigenvalue weighted by molar-refractivity contribution is -0.135. The first-order valence-corrected chi connectivity index (χ1v) is 8.45. The van der Waals surface area contributed by atoms with E-state index < -0.39 is 17.7 Å². The normalized spacial score (nSPS) is 19.0. The summed E-state index contributed by atoms with van der Waals surface area (Å²) in [6.07, 6.45) is 4.00. The lowest BCUT2D eigenvalue weighted by Crippen LogP contribution is -2.52. The topological polar surface area (TPSA) is 93.7 Å². The van der Waals surface area contributed by atoms with E-state index in [0.717, 1.165) is 12.8 Å². The molecule has 1 N–H and O–H groups in total. The van der Waals surface area contributed by atoms with E-state index in [1.165, 1.54) is 6.33 Å². The molecule has 1 aliphatic rings. The standard InChI is InChI=1S/C17H26N4O4/c1-12(20-16(23)25-17(2,3)4)15(22)21-9-5-6-13(10-21)24-14-7-8-18-11-19-14/h7-8,11-13H,5-6,9-10H2,1-4H3,(H,20,23). The highest BCUT2D eigenvalue weighted by Crippen LogP contribution is 2.17. The van der Waals surface area contributed by atoms with E-state index in [9.17, 15) is 9.59 Å². The number of rotatable bonds is 4. The highest BCUT2D eigenvalue weighted by atomic mass is 16.6. The highest BCUT2D eigenvalue weighted by Gasteiger charge is 2.29. The van der Waals surface area contributed by atoms with E-state index >= 15 is 0 Å². The smallest absolute Gasteiger partial charge is 0.408 e. The van der Waals surface area contributed by atoms with E-state index in [-0.39, 0.29) is 12.0 Å². The quantitative estimate of drug-likeness (QED) is 0.889. The highest BCUT2D eigenvalue weighted by molar-refractivity contribution is 5.85. The number of hydrogen-bond acceptors (Lipinski definition) is 6. The fraction of sp³-hybridized carbons (Fsp3) is 0.647. The van der Waals surface area contributed by atoms with Gasteiger partial charge in [0.15, 0.2) is 0 Å². The number of alkyl carbamates (subject to hydrolysis) is 1. The molecule has 1 aromatic heterocycles. The van der Waals surface area contributed by atoms with Crippen molar-refractivity contribution < 1.29 is 19.1 Å². The Morgan fingerprint density at radius 3 is 2.80 bits per heavy atom. The number of nitrogens with zero attached hydrogens (tertiary/aromatic N) is 3. The summed E-state index contributed by atoms with van der Waals surface area (Å²) in [5, 5.41) is 2.58. The SMILES string of the molecule is CC(NC(=O)OC(C)(C)C)C(=O)N1CCCC(Oc2ccncn2)C1. The Morgan fingerprint density at radius 1 is 1.40 bits per heavy atom. The van der Waals surface area contributed by atoms with Gasteiger partial charge in [-0.25, -0.2) is 14.8 Å². The second-order valence-corrected chi connectivity index (χ2v) is 7.08. The van der Waals surface area contributed by atoms with Crippen LogP contribution in [0.4, 0.5) is 4.79 Å². The number of aromatic nitrogens is 2. The van der Waals surface area contributed by atoms with Crippen LogP contribution in [0.5, 0.6) is 5.88 Å². The van der Waals surface area contributed by atoms with Gasteiger partial charge in [-0.05, 0) is 40.5 Å². The van der Waals surface area contributed by atoms with Gasteiger partial charge in [-0.3, -0.25) is 4.79 Å². The summed E-state index contributed by atoms with van der Waals surface area (Å²) in [6, 6.07) is 1.03. The molecule has 0 bridgehead atoms. The molecule has 0 aromatic carbocycles. The number of carbonyl (C=O) groups is 2. The Labute approximate surface area is 147 Å². The third-order valence-corrected chi connectivity index (χ3v) is 3.64. The molecule has 2 amide bonds. The zero-order valence-corrected chi connectivity index (χ0v) is 15.2. The fourth-order valence-electron chi connectivity index (χ4n) is 2.57. The number of nitrogens with one attached hydrogen (secondary N) is 1. The van der Waals surface area contributed by atoms with E-state index in [0.29, 0.717) is 19.0 Å². The van der Waals surface area contributed by atoms with Crippen LogP contribution in [-0.4, -0.2) is 57.7 Å². The molecule has 2 rings (SSSR count). The molecule has 0 spiro atoms. The van der Waals surface area contributed by atoms with Gasteiger partial charge in [0, 0.05) is 18.8 Å². The summed E-state index contributed by atoms with van der Waals surface area (Å²) >= 11 is 0. The van der Waals surface area contributed by atoms with Crippen LogP contribution in [0, 0.1) is 0 Å². The largest absolute Gasteiger partial charge is 0.472 e. The van der Waals surface area contributed by atoms with Crippen molar-refractivity contribution in [3.8, 4) is 5.88 Å². The van der Waals surface area contributed by atoms with Gasteiger partial charge in [0.2, 0.25) is 11.8 Å². The molecule has 138 valence electrons. The van der Waals surface area contributed by atoms with Gasteiger partial charge in [0.25, 0.3) is 0 Å². The molecule has 0 radical (unpaired) electrons. The third-order valence-electron chi connectivity index (χ3n) is 3.64. The van der Waals surface area contributed by atoms with Crippen LogP contribution in [0.15, 0.2) is 18.6 Å². The summed E-state index contributed by atoms with van der Waals surface area (Å²) in [5.41, 5.74) is -0.603. The average molecular weight is 350 g/mol. The molecule has 2 unspecified atom stereocenters. The minimum atomic E-state index is -0.660. The van der Waals surface area contributed by atoms with Crippen molar-refractivity contribution in [1.29, 1.82) is 0 Å². The number of ether oxygens (including phenoxy) is 2. The van der Waals surface area contributed by atoms with E-state index in [1.807, 2.05) is 0 Å². The van der Waals surface area contributed by atoms with E-state index in [4.69, 9.17) is 9.47 Å².